The number of rotatable bonds is 9. The van der Waals surface area contributed by atoms with Crippen molar-refractivity contribution in [3.05, 3.63) is 107 Å². The van der Waals surface area contributed by atoms with Crippen LogP contribution in [-0.4, -0.2) is 39.5 Å². The lowest BCUT2D eigenvalue weighted by Gasteiger charge is -2.26. The molecule has 3 N–H and O–H groups in total. The molecule has 192 valence electrons. The van der Waals surface area contributed by atoms with Crippen LogP contribution in [-0.2, 0) is 16.0 Å². The third kappa shape index (κ3) is 6.46. The van der Waals surface area contributed by atoms with Gasteiger partial charge >= 0.3 is 11.9 Å². The first-order valence-corrected chi connectivity index (χ1v) is 12.5. The van der Waals surface area contributed by atoms with Crippen molar-refractivity contribution in [3.8, 4) is 11.1 Å². The lowest BCUT2D eigenvalue weighted by Crippen LogP contribution is -2.29. The minimum absolute atomic E-state index is 0.111. The van der Waals surface area contributed by atoms with Crippen molar-refractivity contribution in [2.24, 2.45) is 11.8 Å². The summed E-state index contributed by atoms with van der Waals surface area (Å²) in [6.45, 7) is 1.73. The van der Waals surface area contributed by atoms with Gasteiger partial charge in [-0.3, -0.25) is 4.79 Å². The summed E-state index contributed by atoms with van der Waals surface area (Å²) in [6, 6.07) is 26.6. The molecule has 0 aliphatic heterocycles. The van der Waals surface area contributed by atoms with Crippen LogP contribution in [0.25, 0.3) is 11.1 Å². The van der Waals surface area contributed by atoms with Gasteiger partial charge < -0.3 is 20.1 Å². The molecule has 6 heteroatoms. The van der Waals surface area contributed by atoms with E-state index in [2.05, 4.69) is 0 Å². The van der Waals surface area contributed by atoms with Gasteiger partial charge in [0.25, 0.3) is 0 Å². The molecule has 0 bridgehead atoms. The maximum Gasteiger partial charge on any atom is 0.338 e. The standard InChI is InChI=1S/C31H32O6/c1-20(26(32)17-12-21-8-4-2-5-9-21)30-25(18-29(34)35)27(33)19-28(30)37-31(36)24-15-13-23(14-16-24)22-10-6-3-7-11-22/h2-11,13-16,25,27-28,30,32-33H,12,17-19H2,1H3,(H,34,35)/t25-,27-,28+,30+/m0/s1. The number of aliphatic hydroxyl groups is 2. The molecule has 0 radical (unpaired) electrons. The summed E-state index contributed by atoms with van der Waals surface area (Å²) in [5.74, 6) is -2.74. The Balaban J connectivity index is 1.52. The van der Waals surface area contributed by atoms with E-state index < -0.39 is 36.0 Å². The summed E-state index contributed by atoms with van der Waals surface area (Å²) in [7, 11) is 0. The molecule has 6 nitrogen and oxygen atoms in total. The predicted octanol–water partition coefficient (Wildman–Crippen LogP) is 5.82. The molecule has 37 heavy (non-hydrogen) atoms. The van der Waals surface area contributed by atoms with E-state index in [0.717, 1.165) is 16.7 Å². The highest BCUT2D eigenvalue weighted by molar-refractivity contribution is 5.90. The van der Waals surface area contributed by atoms with Crippen molar-refractivity contribution < 1.29 is 29.6 Å². The topological polar surface area (TPSA) is 104 Å². The Hall–Kier alpha value is -3.90. The van der Waals surface area contributed by atoms with E-state index in [1.165, 1.54) is 0 Å². The molecule has 0 aromatic heterocycles. The number of aliphatic carboxylic acids is 1. The molecule has 0 saturated heterocycles. The van der Waals surface area contributed by atoms with E-state index in [9.17, 15) is 24.9 Å². The lowest BCUT2D eigenvalue weighted by molar-refractivity contribution is -0.139. The van der Waals surface area contributed by atoms with Crippen molar-refractivity contribution >= 4 is 11.9 Å². The zero-order chi connectivity index (χ0) is 26.4. The Morgan fingerprint density at radius 3 is 2.08 bits per heavy atom. The van der Waals surface area contributed by atoms with Crippen molar-refractivity contribution in [1.29, 1.82) is 0 Å². The van der Waals surface area contributed by atoms with Crippen LogP contribution in [0, 0.1) is 11.8 Å². The lowest BCUT2D eigenvalue weighted by atomic mass is 9.84. The fraction of sp³-hybridized carbons (Fsp3) is 0.290. The number of carbonyl (C=O) groups excluding carboxylic acids is 1. The SMILES string of the molecule is CC(=C(O)CCc1ccccc1)[C@@H]1[C@@H](CC(=O)O)[C@@H](O)C[C@H]1OC(=O)c1ccc(-c2ccccc2)cc1. The van der Waals surface area contributed by atoms with Crippen LogP contribution in [0.5, 0.6) is 0 Å². The quantitative estimate of drug-likeness (QED) is 0.253. The molecule has 4 rings (SSSR count). The van der Waals surface area contributed by atoms with Crippen LogP contribution in [0.1, 0.15) is 42.1 Å². The molecule has 3 aromatic rings. The van der Waals surface area contributed by atoms with Gasteiger partial charge in [-0.15, -0.1) is 0 Å². The first kappa shape index (κ1) is 26.2. The summed E-state index contributed by atoms with van der Waals surface area (Å²) in [4.78, 5) is 24.6. The first-order chi connectivity index (χ1) is 17.8. The number of allylic oxidation sites excluding steroid dienone is 1. The minimum Gasteiger partial charge on any atom is -0.512 e. The summed E-state index contributed by atoms with van der Waals surface area (Å²) in [5.41, 5.74) is 3.98. The van der Waals surface area contributed by atoms with Gasteiger partial charge in [-0.25, -0.2) is 4.79 Å². The summed E-state index contributed by atoms with van der Waals surface area (Å²) >= 11 is 0. The van der Waals surface area contributed by atoms with E-state index in [1.54, 1.807) is 19.1 Å². The maximum atomic E-state index is 13.0. The van der Waals surface area contributed by atoms with Crippen molar-refractivity contribution in [2.45, 2.75) is 44.8 Å². The van der Waals surface area contributed by atoms with Crippen molar-refractivity contribution in [3.63, 3.8) is 0 Å². The van der Waals surface area contributed by atoms with Gasteiger partial charge in [0.05, 0.1) is 23.8 Å². The summed E-state index contributed by atoms with van der Waals surface area (Å²) < 4.78 is 5.83. The minimum atomic E-state index is -1.05. The number of ether oxygens (including phenoxy) is 1. The van der Waals surface area contributed by atoms with Crippen LogP contribution in [0.2, 0.25) is 0 Å². The highest BCUT2D eigenvalue weighted by Crippen LogP contribution is 2.42. The first-order valence-electron chi connectivity index (χ1n) is 12.5. The predicted molar refractivity (Wildman–Crippen MR) is 141 cm³/mol. The van der Waals surface area contributed by atoms with E-state index in [0.29, 0.717) is 24.0 Å². The van der Waals surface area contributed by atoms with Crippen molar-refractivity contribution in [2.75, 3.05) is 0 Å². The highest BCUT2D eigenvalue weighted by atomic mass is 16.5. The summed E-state index contributed by atoms with van der Waals surface area (Å²) in [5, 5.41) is 31.1. The highest BCUT2D eigenvalue weighted by Gasteiger charge is 2.47. The maximum absolute atomic E-state index is 13.0. The third-order valence-electron chi connectivity index (χ3n) is 7.17. The molecule has 1 aliphatic carbocycles. The van der Waals surface area contributed by atoms with Crippen LogP contribution in [0.3, 0.4) is 0 Å². The normalized spacial score (nSPS) is 21.8. The number of carbonyl (C=O) groups is 2. The fourth-order valence-electron chi connectivity index (χ4n) is 5.19. The molecule has 4 atom stereocenters. The number of benzene rings is 3. The van der Waals surface area contributed by atoms with Crippen LogP contribution in [0.15, 0.2) is 96.3 Å². The molecule has 1 aliphatic rings. The van der Waals surface area contributed by atoms with Crippen LogP contribution < -0.4 is 0 Å². The van der Waals surface area contributed by atoms with Gasteiger partial charge in [-0.1, -0.05) is 72.8 Å². The van der Waals surface area contributed by atoms with E-state index >= 15 is 0 Å². The van der Waals surface area contributed by atoms with E-state index in [1.807, 2.05) is 72.8 Å². The molecular weight excluding hydrogens is 468 g/mol. The monoisotopic (exact) mass is 500 g/mol. The molecule has 0 unspecified atom stereocenters. The molecular formula is C31H32O6. The Kier molecular flexibility index (Phi) is 8.41. The smallest absolute Gasteiger partial charge is 0.338 e. The average molecular weight is 501 g/mol. The van der Waals surface area contributed by atoms with E-state index in [-0.39, 0.29) is 18.6 Å². The molecule has 0 amide bonds. The van der Waals surface area contributed by atoms with Crippen LogP contribution in [0.4, 0.5) is 0 Å². The number of aryl methyl sites for hydroxylation is 1. The second-order valence-electron chi connectivity index (χ2n) is 9.59. The Labute approximate surface area is 216 Å². The number of aliphatic hydroxyl groups excluding tert-OH is 2. The largest absolute Gasteiger partial charge is 0.512 e. The number of esters is 1. The Bertz CT molecular complexity index is 1230. The number of carboxylic acid groups (broad SMARTS) is 1. The van der Waals surface area contributed by atoms with Gasteiger partial charge in [0, 0.05) is 24.7 Å². The number of hydrogen-bond acceptors (Lipinski definition) is 5. The molecule has 0 heterocycles. The van der Waals surface area contributed by atoms with Crippen LogP contribution >= 0.6 is 0 Å². The van der Waals surface area contributed by atoms with Gasteiger partial charge in [-0.05, 0) is 47.7 Å². The second kappa shape index (κ2) is 11.9. The Morgan fingerprint density at radius 2 is 1.46 bits per heavy atom. The number of hydrogen-bond donors (Lipinski definition) is 3. The van der Waals surface area contributed by atoms with Crippen molar-refractivity contribution in [1.82, 2.24) is 0 Å². The van der Waals surface area contributed by atoms with Gasteiger partial charge in [0.15, 0.2) is 0 Å². The van der Waals surface area contributed by atoms with Gasteiger partial charge in [0.1, 0.15) is 6.10 Å². The zero-order valence-corrected chi connectivity index (χ0v) is 20.8. The Morgan fingerprint density at radius 1 is 0.865 bits per heavy atom. The molecule has 1 fully saturated rings. The zero-order valence-electron chi connectivity index (χ0n) is 20.8. The molecule has 3 aromatic carbocycles. The second-order valence-corrected chi connectivity index (χ2v) is 9.59. The fourth-order valence-corrected chi connectivity index (χ4v) is 5.19. The molecule has 0 spiro atoms. The third-order valence-corrected chi connectivity index (χ3v) is 7.17. The number of carboxylic acids is 1. The summed E-state index contributed by atoms with van der Waals surface area (Å²) in [6.07, 6.45) is -0.907. The van der Waals surface area contributed by atoms with Gasteiger partial charge in [-0.2, -0.15) is 0 Å². The van der Waals surface area contributed by atoms with E-state index in [4.69, 9.17) is 4.74 Å². The van der Waals surface area contributed by atoms with Gasteiger partial charge in [0.2, 0.25) is 0 Å². The average Bonchev–Trinajstić information content (AvgIpc) is 3.21. The molecule has 1 saturated carbocycles.